The summed E-state index contributed by atoms with van der Waals surface area (Å²) in [6, 6.07) is 0. The quantitative estimate of drug-likeness (QED) is 0.205. The lowest BCUT2D eigenvalue weighted by molar-refractivity contribution is 0.186. The highest BCUT2D eigenvalue weighted by Gasteiger charge is 2.61. The second-order valence-electron chi connectivity index (χ2n) is 4.78. The zero-order valence-electron chi connectivity index (χ0n) is 12.4. The molecule has 0 saturated carbocycles. The second-order valence-corrected chi connectivity index (χ2v) is 10.3. The summed E-state index contributed by atoms with van der Waals surface area (Å²) in [4.78, 5) is -4.52. The Balaban J connectivity index is 5.58. The van der Waals surface area contributed by atoms with E-state index in [-0.39, 0.29) is 36.0 Å². The lowest BCUT2D eigenvalue weighted by Crippen LogP contribution is -2.65. The number of hydrogen-bond acceptors (Lipinski definition) is 3. The molecule has 0 spiro atoms. The fourth-order valence-corrected chi connectivity index (χ4v) is 5.69. The van der Waals surface area contributed by atoms with Crippen LogP contribution in [0, 0.1) is 0 Å². The highest BCUT2D eigenvalue weighted by atomic mass is 35.5. The van der Waals surface area contributed by atoms with Crippen LogP contribution in [0.4, 0.5) is 0 Å². The van der Waals surface area contributed by atoms with Gasteiger partial charge in [-0.3, -0.25) is 4.57 Å². The first-order chi connectivity index (χ1) is 11.1. The average Bonchev–Trinajstić information content (AvgIpc) is 2.62. The van der Waals surface area contributed by atoms with Crippen LogP contribution in [0.15, 0.2) is 12.4 Å². The van der Waals surface area contributed by atoms with Crippen LogP contribution in [0.2, 0.25) is 0 Å². The van der Waals surface area contributed by atoms with Gasteiger partial charge in [0.1, 0.15) is 9.75 Å². The molecule has 0 N–H and O–H groups in total. The number of halogens is 8. The van der Waals surface area contributed by atoms with Gasteiger partial charge in [0.05, 0.1) is 18.1 Å². The summed E-state index contributed by atoms with van der Waals surface area (Å²) in [7, 11) is -3.65. The van der Waals surface area contributed by atoms with E-state index in [0.717, 1.165) is 5.82 Å². The van der Waals surface area contributed by atoms with E-state index in [1.54, 1.807) is 0 Å². The Hall–Kier alpha value is 2.21. The van der Waals surface area contributed by atoms with E-state index >= 15 is 0 Å². The molecule has 0 aromatic rings. The van der Waals surface area contributed by atoms with Crippen molar-refractivity contribution in [2.75, 3.05) is 42.6 Å². The van der Waals surface area contributed by atoms with Gasteiger partial charge < -0.3 is 9.05 Å². The van der Waals surface area contributed by atoms with E-state index in [4.69, 9.17) is 102 Å². The first kappa shape index (κ1) is 26.2. The maximum Gasteiger partial charge on any atom is 0.353 e. The van der Waals surface area contributed by atoms with Crippen molar-refractivity contribution in [1.29, 1.82) is 0 Å². The molecule has 0 radical (unpaired) electrons. The van der Waals surface area contributed by atoms with Crippen molar-refractivity contribution in [3.8, 4) is 0 Å². The Morgan fingerprint density at radius 1 is 0.875 bits per heavy atom. The standard InChI is InChI=1S/C12H17Cl8O3P/c1-2-24(21,22-4-3-13)23-9-11(19,7-16)12(20,8-17)10(18,5-14)6-15/h2H,1,3-9H2. The van der Waals surface area contributed by atoms with E-state index < -0.39 is 28.8 Å². The zero-order valence-corrected chi connectivity index (χ0v) is 19.4. The van der Waals surface area contributed by atoms with Crippen molar-refractivity contribution in [2.45, 2.75) is 14.6 Å². The summed E-state index contributed by atoms with van der Waals surface area (Å²) in [6.07, 6.45) is 0. The monoisotopic (exact) mass is 520 g/mol. The van der Waals surface area contributed by atoms with Crippen molar-refractivity contribution < 1.29 is 13.6 Å². The van der Waals surface area contributed by atoms with Crippen molar-refractivity contribution in [1.82, 2.24) is 0 Å². The summed E-state index contributed by atoms with van der Waals surface area (Å²) in [5.74, 6) is 0.368. The van der Waals surface area contributed by atoms with Crippen molar-refractivity contribution in [3.63, 3.8) is 0 Å². The molecule has 0 saturated heterocycles. The molecule has 0 aromatic heterocycles. The Labute approximate surface area is 182 Å². The van der Waals surface area contributed by atoms with E-state index in [0.29, 0.717) is 0 Å². The third kappa shape index (κ3) is 5.85. The summed E-state index contributed by atoms with van der Waals surface area (Å²) in [6.45, 7) is 3.01. The molecule has 24 heavy (non-hydrogen) atoms. The number of rotatable bonds is 13. The van der Waals surface area contributed by atoms with Gasteiger partial charge >= 0.3 is 7.60 Å². The van der Waals surface area contributed by atoms with Crippen LogP contribution in [0.5, 0.6) is 0 Å². The SMILES string of the molecule is C=CP(=O)(OCCCl)OCC(Cl)(CCl)C(Cl)(CCl)C(Cl)(CCl)CCl. The highest BCUT2D eigenvalue weighted by molar-refractivity contribution is 7.57. The first-order valence-electron chi connectivity index (χ1n) is 6.46. The van der Waals surface area contributed by atoms with E-state index in [9.17, 15) is 4.57 Å². The largest absolute Gasteiger partial charge is 0.353 e. The van der Waals surface area contributed by atoms with Gasteiger partial charge in [0.15, 0.2) is 0 Å². The van der Waals surface area contributed by atoms with Crippen LogP contribution in [0.3, 0.4) is 0 Å². The van der Waals surface area contributed by atoms with Gasteiger partial charge in [0.2, 0.25) is 0 Å². The Kier molecular flexibility index (Phi) is 12.3. The third-order valence-electron chi connectivity index (χ3n) is 3.29. The van der Waals surface area contributed by atoms with Crippen LogP contribution in [0.25, 0.3) is 0 Å². The van der Waals surface area contributed by atoms with Crippen LogP contribution in [-0.2, 0) is 13.6 Å². The molecule has 0 aliphatic rings. The van der Waals surface area contributed by atoms with Gasteiger partial charge in [0.25, 0.3) is 0 Å². The molecule has 0 heterocycles. The fraction of sp³-hybridized carbons (Fsp3) is 0.833. The number of hydrogen-bond donors (Lipinski definition) is 0. The Bertz CT molecular complexity index is 450. The summed E-state index contributed by atoms with van der Waals surface area (Å²) in [5.41, 5.74) is 0. The molecule has 0 aliphatic heterocycles. The van der Waals surface area contributed by atoms with Crippen LogP contribution in [0.1, 0.15) is 0 Å². The van der Waals surface area contributed by atoms with Crippen LogP contribution < -0.4 is 0 Å². The van der Waals surface area contributed by atoms with E-state index in [1.165, 1.54) is 0 Å². The van der Waals surface area contributed by atoms with E-state index in [1.807, 2.05) is 0 Å². The summed E-state index contributed by atoms with van der Waals surface area (Å²) < 4.78 is 22.8. The molecule has 0 bridgehead atoms. The van der Waals surface area contributed by atoms with Crippen LogP contribution in [-0.4, -0.2) is 57.2 Å². The smallest absolute Gasteiger partial charge is 0.304 e. The van der Waals surface area contributed by atoms with Gasteiger partial charge in [-0.25, -0.2) is 0 Å². The minimum atomic E-state index is -3.65. The van der Waals surface area contributed by atoms with Gasteiger partial charge in [-0.15, -0.1) is 92.8 Å². The molecule has 0 fully saturated rings. The normalized spacial score (nSPS) is 20.0. The summed E-state index contributed by atoms with van der Waals surface area (Å²) in [5, 5.41) is 0. The average molecular weight is 524 g/mol. The Morgan fingerprint density at radius 2 is 1.38 bits per heavy atom. The maximum atomic E-state index is 12.4. The molecule has 3 unspecified atom stereocenters. The molecule has 3 nitrogen and oxygen atoms in total. The van der Waals surface area contributed by atoms with Crippen molar-refractivity contribution >= 4 is 100 Å². The lowest BCUT2D eigenvalue weighted by Gasteiger charge is -2.48. The topological polar surface area (TPSA) is 35.5 Å². The molecule has 12 heteroatoms. The fourth-order valence-electron chi connectivity index (χ4n) is 1.64. The third-order valence-corrected chi connectivity index (χ3v) is 9.44. The lowest BCUT2D eigenvalue weighted by atomic mass is 9.83. The van der Waals surface area contributed by atoms with Gasteiger partial charge in [-0.1, -0.05) is 6.58 Å². The van der Waals surface area contributed by atoms with E-state index in [2.05, 4.69) is 6.58 Å². The van der Waals surface area contributed by atoms with Gasteiger partial charge in [-0.05, 0) is 0 Å². The van der Waals surface area contributed by atoms with Crippen molar-refractivity contribution in [3.05, 3.63) is 12.4 Å². The zero-order chi connectivity index (χ0) is 19.1. The predicted octanol–water partition coefficient (Wildman–Crippen LogP) is 6.48. The molecule has 3 atom stereocenters. The van der Waals surface area contributed by atoms with Crippen LogP contribution >= 0.6 is 100 Å². The molecule has 0 aliphatic carbocycles. The van der Waals surface area contributed by atoms with Crippen molar-refractivity contribution in [2.24, 2.45) is 0 Å². The minimum Gasteiger partial charge on any atom is -0.304 e. The first-order valence-corrected chi connectivity index (χ1v) is 11.9. The molecular formula is C12H17Cl8O3P. The molecule has 0 amide bonds. The molecular weight excluding hydrogens is 507 g/mol. The second kappa shape index (κ2) is 11.3. The molecule has 144 valence electrons. The molecule has 0 rings (SSSR count). The summed E-state index contributed by atoms with van der Waals surface area (Å²) >= 11 is 48.9. The highest BCUT2D eigenvalue weighted by Crippen LogP contribution is 2.54. The van der Waals surface area contributed by atoms with Gasteiger partial charge in [-0.2, -0.15) is 0 Å². The molecule has 0 aromatic carbocycles. The predicted molar refractivity (Wildman–Crippen MR) is 109 cm³/mol. The minimum absolute atomic E-state index is 0.00859. The number of alkyl halides is 8. The Morgan fingerprint density at radius 3 is 1.71 bits per heavy atom. The van der Waals surface area contributed by atoms with Gasteiger partial charge in [0, 0.05) is 35.2 Å². The maximum absolute atomic E-state index is 12.4.